The van der Waals surface area contributed by atoms with Crippen molar-refractivity contribution in [2.45, 2.75) is 46.5 Å². The van der Waals surface area contributed by atoms with E-state index >= 15 is 0 Å². The number of allylic oxidation sites excluding steroid dienone is 2. The van der Waals surface area contributed by atoms with Crippen molar-refractivity contribution in [1.29, 1.82) is 5.26 Å². The number of phenols is 1. The molecule has 0 bridgehead atoms. The molecule has 0 heterocycles. The number of hydrogen-bond acceptors (Lipinski definition) is 2. The second-order valence-corrected chi connectivity index (χ2v) is 5.27. The van der Waals surface area contributed by atoms with E-state index in [1.807, 2.05) is 19.1 Å². The number of phenolic OH excluding ortho intramolecular Hbond substituents is 1. The Bertz CT molecular complexity index is 505. The third kappa shape index (κ3) is 2.92. The fraction of sp³-hybridized carbons (Fsp3) is 0.438. The molecule has 0 aliphatic rings. The van der Waals surface area contributed by atoms with E-state index in [0.717, 1.165) is 16.7 Å². The van der Waals surface area contributed by atoms with Crippen molar-refractivity contribution in [3.05, 3.63) is 34.9 Å². The smallest absolute Gasteiger partial charge is 0.126 e. The van der Waals surface area contributed by atoms with Crippen molar-refractivity contribution in [2.24, 2.45) is 0 Å². The standard InChI is InChI=1S/C16H21NO/c1-10(2)13-8-14(11(3)4)16(18)15(9-13)12(5)6-7-17/h6,8-11,18H,1-5H3/b12-6-. The Balaban J connectivity index is 3.51. The van der Waals surface area contributed by atoms with Crippen molar-refractivity contribution in [2.75, 3.05) is 0 Å². The van der Waals surface area contributed by atoms with Crippen LogP contribution in [0.25, 0.3) is 5.57 Å². The molecule has 0 amide bonds. The summed E-state index contributed by atoms with van der Waals surface area (Å²) < 4.78 is 0. The highest BCUT2D eigenvalue weighted by molar-refractivity contribution is 5.72. The van der Waals surface area contributed by atoms with Crippen LogP contribution in [0.5, 0.6) is 5.75 Å². The van der Waals surface area contributed by atoms with Crippen molar-refractivity contribution in [3.8, 4) is 11.8 Å². The van der Waals surface area contributed by atoms with E-state index in [1.165, 1.54) is 11.6 Å². The van der Waals surface area contributed by atoms with Crippen LogP contribution in [0.15, 0.2) is 18.2 Å². The SMILES string of the molecule is C/C(=C/C#N)c1cc(C(C)C)cc(C(C)C)c1O. The Kier molecular flexibility index (Phi) is 4.55. The fourth-order valence-electron chi connectivity index (χ4n) is 1.93. The van der Waals surface area contributed by atoms with Crippen LogP contribution in [0.2, 0.25) is 0 Å². The molecular formula is C16H21NO. The lowest BCUT2D eigenvalue weighted by atomic mass is 9.90. The summed E-state index contributed by atoms with van der Waals surface area (Å²) in [4.78, 5) is 0. The second kappa shape index (κ2) is 5.73. The maximum atomic E-state index is 10.3. The molecule has 96 valence electrons. The van der Waals surface area contributed by atoms with Crippen LogP contribution in [0.4, 0.5) is 0 Å². The van der Waals surface area contributed by atoms with Gasteiger partial charge in [-0.05, 0) is 41.5 Å². The zero-order valence-corrected chi connectivity index (χ0v) is 11.8. The van der Waals surface area contributed by atoms with E-state index in [2.05, 4.69) is 33.8 Å². The molecule has 0 spiro atoms. The normalized spacial score (nSPS) is 12.0. The number of nitrogens with zero attached hydrogens (tertiary/aromatic N) is 1. The maximum absolute atomic E-state index is 10.3. The van der Waals surface area contributed by atoms with Crippen LogP contribution in [-0.4, -0.2) is 5.11 Å². The quantitative estimate of drug-likeness (QED) is 0.790. The molecule has 0 aliphatic carbocycles. The average Bonchev–Trinajstić information content (AvgIpc) is 2.28. The first-order chi connectivity index (χ1) is 8.38. The molecule has 0 atom stereocenters. The van der Waals surface area contributed by atoms with E-state index in [-0.39, 0.29) is 5.92 Å². The van der Waals surface area contributed by atoms with Gasteiger partial charge in [-0.1, -0.05) is 33.8 Å². The van der Waals surface area contributed by atoms with Crippen LogP contribution in [0, 0.1) is 11.3 Å². The molecule has 0 saturated heterocycles. The topological polar surface area (TPSA) is 44.0 Å². The van der Waals surface area contributed by atoms with E-state index < -0.39 is 0 Å². The lowest BCUT2D eigenvalue weighted by molar-refractivity contribution is 0.462. The molecule has 2 heteroatoms. The van der Waals surface area contributed by atoms with E-state index in [4.69, 9.17) is 5.26 Å². The Morgan fingerprint density at radius 3 is 2.28 bits per heavy atom. The molecule has 0 fully saturated rings. The Hall–Kier alpha value is -1.75. The summed E-state index contributed by atoms with van der Waals surface area (Å²) in [5, 5.41) is 19.1. The highest BCUT2D eigenvalue weighted by Crippen LogP contribution is 2.36. The molecule has 0 saturated carbocycles. The van der Waals surface area contributed by atoms with Gasteiger partial charge in [0.1, 0.15) is 5.75 Å². The highest BCUT2D eigenvalue weighted by Gasteiger charge is 2.15. The predicted molar refractivity (Wildman–Crippen MR) is 75.5 cm³/mol. The fourth-order valence-corrected chi connectivity index (χ4v) is 1.93. The lowest BCUT2D eigenvalue weighted by Crippen LogP contribution is -1.97. The summed E-state index contributed by atoms with van der Waals surface area (Å²) in [5.41, 5.74) is 3.71. The minimum atomic E-state index is 0.261. The van der Waals surface area contributed by atoms with Crippen LogP contribution in [-0.2, 0) is 0 Å². The van der Waals surface area contributed by atoms with Gasteiger partial charge in [-0.2, -0.15) is 5.26 Å². The van der Waals surface area contributed by atoms with Gasteiger partial charge in [0.25, 0.3) is 0 Å². The Morgan fingerprint density at radius 1 is 1.22 bits per heavy atom. The molecule has 0 aromatic heterocycles. The van der Waals surface area contributed by atoms with Crippen molar-refractivity contribution in [1.82, 2.24) is 0 Å². The Labute approximate surface area is 110 Å². The first-order valence-corrected chi connectivity index (χ1v) is 6.32. The molecule has 18 heavy (non-hydrogen) atoms. The zero-order valence-electron chi connectivity index (χ0n) is 11.8. The molecule has 2 nitrogen and oxygen atoms in total. The van der Waals surface area contributed by atoms with Crippen molar-refractivity contribution in [3.63, 3.8) is 0 Å². The summed E-state index contributed by atoms with van der Waals surface area (Å²) in [5.74, 6) is 0.965. The van der Waals surface area contributed by atoms with Gasteiger partial charge >= 0.3 is 0 Å². The molecular weight excluding hydrogens is 222 g/mol. The third-order valence-corrected chi connectivity index (χ3v) is 3.16. The number of benzene rings is 1. The molecule has 1 aromatic carbocycles. The molecule has 0 unspecified atom stereocenters. The molecule has 1 aromatic rings. The lowest BCUT2D eigenvalue weighted by Gasteiger charge is -2.17. The van der Waals surface area contributed by atoms with Crippen LogP contribution in [0.3, 0.4) is 0 Å². The maximum Gasteiger partial charge on any atom is 0.126 e. The summed E-state index contributed by atoms with van der Waals surface area (Å²) >= 11 is 0. The Morgan fingerprint density at radius 2 is 1.83 bits per heavy atom. The van der Waals surface area contributed by atoms with Crippen molar-refractivity contribution < 1.29 is 5.11 Å². The minimum absolute atomic E-state index is 0.261. The third-order valence-electron chi connectivity index (χ3n) is 3.16. The van der Waals surface area contributed by atoms with Gasteiger partial charge in [0.05, 0.1) is 6.07 Å². The van der Waals surface area contributed by atoms with Gasteiger partial charge in [-0.15, -0.1) is 0 Å². The van der Waals surface area contributed by atoms with Gasteiger partial charge in [0.2, 0.25) is 0 Å². The van der Waals surface area contributed by atoms with Gasteiger partial charge in [-0.25, -0.2) is 0 Å². The zero-order chi connectivity index (χ0) is 13.9. The largest absolute Gasteiger partial charge is 0.507 e. The first kappa shape index (κ1) is 14.3. The second-order valence-electron chi connectivity index (χ2n) is 5.27. The highest BCUT2D eigenvalue weighted by atomic mass is 16.3. The van der Waals surface area contributed by atoms with Crippen molar-refractivity contribution >= 4 is 5.57 Å². The molecule has 1 rings (SSSR count). The van der Waals surface area contributed by atoms with Gasteiger partial charge < -0.3 is 5.11 Å². The van der Waals surface area contributed by atoms with E-state index in [0.29, 0.717) is 11.7 Å². The van der Waals surface area contributed by atoms with Crippen LogP contribution in [0.1, 0.15) is 63.1 Å². The monoisotopic (exact) mass is 243 g/mol. The molecule has 0 radical (unpaired) electrons. The average molecular weight is 243 g/mol. The predicted octanol–water partition coefficient (Wildman–Crippen LogP) is 4.57. The minimum Gasteiger partial charge on any atom is -0.507 e. The first-order valence-electron chi connectivity index (χ1n) is 6.32. The van der Waals surface area contributed by atoms with E-state index in [9.17, 15) is 5.11 Å². The number of nitriles is 1. The summed E-state index contributed by atoms with van der Waals surface area (Å²) in [7, 11) is 0. The number of aromatic hydroxyl groups is 1. The van der Waals surface area contributed by atoms with Gasteiger partial charge in [0.15, 0.2) is 0 Å². The van der Waals surface area contributed by atoms with Gasteiger partial charge in [0, 0.05) is 11.6 Å². The summed E-state index contributed by atoms with van der Waals surface area (Å²) in [6.45, 7) is 10.2. The summed E-state index contributed by atoms with van der Waals surface area (Å²) in [6, 6.07) is 6.06. The van der Waals surface area contributed by atoms with E-state index in [1.54, 1.807) is 0 Å². The van der Waals surface area contributed by atoms with Crippen LogP contribution >= 0.6 is 0 Å². The molecule has 1 N–H and O–H groups in total. The van der Waals surface area contributed by atoms with Gasteiger partial charge in [-0.3, -0.25) is 0 Å². The molecule has 0 aliphatic heterocycles. The number of rotatable bonds is 3. The summed E-state index contributed by atoms with van der Waals surface area (Å²) in [6.07, 6.45) is 1.48. The van der Waals surface area contributed by atoms with Crippen LogP contribution < -0.4 is 0 Å². The number of hydrogen-bond donors (Lipinski definition) is 1.